The van der Waals surface area contributed by atoms with Crippen molar-refractivity contribution in [2.24, 2.45) is 11.8 Å². The van der Waals surface area contributed by atoms with E-state index in [1.807, 2.05) is 17.0 Å². The van der Waals surface area contributed by atoms with Crippen LogP contribution in [0.5, 0.6) is 5.75 Å². The van der Waals surface area contributed by atoms with Crippen LogP contribution in [0.4, 0.5) is 0 Å². The molecule has 1 aromatic carbocycles. The predicted molar refractivity (Wildman–Crippen MR) is 115 cm³/mol. The van der Waals surface area contributed by atoms with E-state index in [-0.39, 0.29) is 12.5 Å². The molecule has 2 heterocycles. The molecule has 0 unspecified atom stereocenters. The number of piperidine rings is 1. The number of amides is 1. The molecule has 2 aromatic rings. The minimum Gasteiger partial charge on any atom is -0.486 e. The van der Waals surface area contributed by atoms with E-state index >= 15 is 0 Å². The van der Waals surface area contributed by atoms with E-state index in [1.54, 1.807) is 0 Å². The molecule has 0 aliphatic carbocycles. The highest BCUT2D eigenvalue weighted by Gasteiger charge is 2.25. The van der Waals surface area contributed by atoms with Crippen molar-refractivity contribution in [3.8, 4) is 5.75 Å². The minimum absolute atomic E-state index is 0.124. The van der Waals surface area contributed by atoms with Crippen LogP contribution >= 0.6 is 11.8 Å². The van der Waals surface area contributed by atoms with Crippen molar-refractivity contribution in [2.75, 3.05) is 24.7 Å². The predicted octanol–water partition coefficient (Wildman–Crippen LogP) is 3.29. The summed E-state index contributed by atoms with van der Waals surface area (Å²) in [6.45, 7) is 10.6. The summed E-state index contributed by atoms with van der Waals surface area (Å²) in [5, 5.41) is 8.74. The lowest BCUT2D eigenvalue weighted by molar-refractivity contribution is -0.130. The molecule has 0 radical (unpaired) electrons. The van der Waals surface area contributed by atoms with Gasteiger partial charge in [-0.1, -0.05) is 51.6 Å². The van der Waals surface area contributed by atoms with Crippen molar-refractivity contribution >= 4 is 17.7 Å². The zero-order chi connectivity index (χ0) is 21.0. The van der Waals surface area contributed by atoms with Gasteiger partial charge < -0.3 is 15.5 Å². The van der Waals surface area contributed by atoms with Crippen LogP contribution in [0.2, 0.25) is 0 Å². The minimum atomic E-state index is 0.124. The molecule has 1 saturated heterocycles. The molecular formula is C21H31N5O2S. The van der Waals surface area contributed by atoms with Gasteiger partial charge in [0.25, 0.3) is 0 Å². The number of benzene rings is 1. The molecule has 158 valence electrons. The normalized spacial score (nSPS) is 19.6. The number of nitrogen functional groups attached to an aromatic ring is 1. The van der Waals surface area contributed by atoms with Crippen LogP contribution in [0, 0.1) is 11.8 Å². The van der Waals surface area contributed by atoms with Gasteiger partial charge in [0.15, 0.2) is 5.82 Å². The fraction of sp³-hybridized carbons (Fsp3) is 0.571. The number of nitrogens with two attached hydrogens (primary N) is 1. The maximum Gasteiger partial charge on any atom is 0.233 e. The van der Waals surface area contributed by atoms with Gasteiger partial charge in [0.2, 0.25) is 11.1 Å². The Morgan fingerprint density at radius 2 is 1.86 bits per heavy atom. The standard InChI is InChI=1S/C21H31N5O2S/c1-14(2)17-5-7-18(8-6-17)28-12-19-23-24-21(26(19)22)29-13-20(27)25-10-15(3)9-16(4)11-25/h5-8,14-16H,9-13,22H2,1-4H3/t15-,16-/m1/s1. The Balaban J connectivity index is 1.52. The Bertz CT molecular complexity index is 811. The van der Waals surface area contributed by atoms with E-state index in [9.17, 15) is 4.79 Å². The highest BCUT2D eigenvalue weighted by molar-refractivity contribution is 7.99. The second kappa shape index (κ2) is 9.52. The van der Waals surface area contributed by atoms with Crippen LogP contribution in [0.25, 0.3) is 0 Å². The molecule has 3 rings (SSSR count). The molecule has 1 fully saturated rings. The van der Waals surface area contributed by atoms with Crippen molar-refractivity contribution in [2.45, 2.75) is 51.8 Å². The van der Waals surface area contributed by atoms with Gasteiger partial charge in [0.1, 0.15) is 12.4 Å². The van der Waals surface area contributed by atoms with Crippen LogP contribution < -0.4 is 10.6 Å². The first-order chi connectivity index (χ1) is 13.8. The highest BCUT2D eigenvalue weighted by atomic mass is 32.2. The highest BCUT2D eigenvalue weighted by Crippen LogP contribution is 2.23. The molecule has 1 aliphatic rings. The molecule has 1 amide bonds. The number of ether oxygens (including phenoxy) is 1. The van der Waals surface area contributed by atoms with Gasteiger partial charge in [-0.05, 0) is 41.9 Å². The van der Waals surface area contributed by atoms with Crippen LogP contribution in [0.15, 0.2) is 29.4 Å². The Kier molecular flexibility index (Phi) is 7.05. The Morgan fingerprint density at radius 1 is 1.21 bits per heavy atom. The van der Waals surface area contributed by atoms with Gasteiger partial charge in [-0.3, -0.25) is 4.79 Å². The topological polar surface area (TPSA) is 86.3 Å². The van der Waals surface area contributed by atoms with Gasteiger partial charge in [-0.25, -0.2) is 4.68 Å². The van der Waals surface area contributed by atoms with Gasteiger partial charge in [0, 0.05) is 13.1 Å². The number of thioether (sulfide) groups is 1. The van der Waals surface area contributed by atoms with Crippen molar-refractivity contribution in [1.29, 1.82) is 0 Å². The number of nitrogens with zero attached hydrogens (tertiary/aromatic N) is 4. The van der Waals surface area contributed by atoms with Crippen molar-refractivity contribution in [3.63, 3.8) is 0 Å². The molecule has 2 N–H and O–H groups in total. The summed E-state index contributed by atoms with van der Waals surface area (Å²) in [7, 11) is 0. The second-order valence-corrected chi connectivity index (χ2v) is 9.26. The zero-order valence-corrected chi connectivity index (χ0v) is 18.5. The van der Waals surface area contributed by atoms with Gasteiger partial charge >= 0.3 is 0 Å². The van der Waals surface area contributed by atoms with Crippen molar-refractivity contribution in [1.82, 2.24) is 19.8 Å². The maximum atomic E-state index is 12.5. The summed E-state index contributed by atoms with van der Waals surface area (Å²) >= 11 is 1.32. The lowest BCUT2D eigenvalue weighted by Crippen LogP contribution is -2.43. The van der Waals surface area contributed by atoms with E-state index in [4.69, 9.17) is 10.6 Å². The Hall–Kier alpha value is -2.22. The summed E-state index contributed by atoms with van der Waals surface area (Å²) in [6.07, 6.45) is 1.18. The molecule has 1 aromatic heterocycles. The van der Waals surface area contributed by atoms with Crippen LogP contribution in [-0.2, 0) is 11.4 Å². The van der Waals surface area contributed by atoms with Crippen LogP contribution in [0.1, 0.15) is 51.4 Å². The first-order valence-corrected chi connectivity index (χ1v) is 11.1. The van der Waals surface area contributed by atoms with Gasteiger partial charge in [-0.2, -0.15) is 0 Å². The van der Waals surface area contributed by atoms with E-state index in [1.165, 1.54) is 28.4 Å². The van der Waals surface area contributed by atoms with E-state index in [0.717, 1.165) is 18.8 Å². The number of likely N-dealkylation sites (tertiary alicyclic amines) is 1. The third-order valence-electron chi connectivity index (χ3n) is 5.20. The Labute approximate surface area is 177 Å². The second-order valence-electron chi connectivity index (χ2n) is 8.31. The third-order valence-corrected chi connectivity index (χ3v) is 6.12. The number of carbonyl (C=O) groups is 1. The summed E-state index contributed by atoms with van der Waals surface area (Å²) in [4.78, 5) is 14.5. The van der Waals surface area contributed by atoms with Crippen LogP contribution in [-0.4, -0.2) is 44.5 Å². The number of hydrogen-bond donors (Lipinski definition) is 1. The molecule has 8 heteroatoms. The lowest BCUT2D eigenvalue weighted by atomic mass is 9.92. The SMILES string of the molecule is CC(C)c1ccc(OCc2nnc(SCC(=O)N3C[C@H](C)C[C@@H](C)C3)n2N)cc1. The van der Waals surface area contributed by atoms with Crippen molar-refractivity contribution < 1.29 is 9.53 Å². The van der Waals surface area contributed by atoms with Gasteiger partial charge in [-0.15, -0.1) is 10.2 Å². The van der Waals surface area contributed by atoms with Crippen molar-refractivity contribution in [3.05, 3.63) is 35.7 Å². The summed E-state index contributed by atoms with van der Waals surface area (Å²) in [5.41, 5.74) is 1.26. The molecule has 0 saturated carbocycles. The lowest BCUT2D eigenvalue weighted by Gasteiger charge is -2.34. The number of aromatic nitrogens is 3. The quantitative estimate of drug-likeness (QED) is 0.549. The molecule has 2 atom stereocenters. The van der Waals surface area contributed by atoms with E-state index < -0.39 is 0 Å². The average Bonchev–Trinajstić information content (AvgIpc) is 3.03. The fourth-order valence-corrected chi connectivity index (χ4v) is 4.46. The van der Waals surface area contributed by atoms with E-state index in [0.29, 0.717) is 34.5 Å². The third kappa shape index (κ3) is 5.65. The molecular weight excluding hydrogens is 386 g/mol. The summed E-state index contributed by atoms with van der Waals surface area (Å²) in [6, 6.07) is 8.01. The summed E-state index contributed by atoms with van der Waals surface area (Å²) in [5.74, 6) is 9.40. The zero-order valence-electron chi connectivity index (χ0n) is 17.7. The monoisotopic (exact) mass is 417 g/mol. The average molecular weight is 418 g/mol. The Morgan fingerprint density at radius 3 is 2.48 bits per heavy atom. The van der Waals surface area contributed by atoms with E-state index in [2.05, 4.69) is 50.0 Å². The van der Waals surface area contributed by atoms with Crippen LogP contribution in [0.3, 0.4) is 0 Å². The maximum absolute atomic E-state index is 12.5. The molecule has 29 heavy (non-hydrogen) atoms. The number of rotatable bonds is 7. The first kappa shape index (κ1) is 21.5. The smallest absolute Gasteiger partial charge is 0.233 e. The molecule has 0 spiro atoms. The summed E-state index contributed by atoms with van der Waals surface area (Å²) < 4.78 is 7.18. The number of carbonyl (C=O) groups excluding carboxylic acids is 1. The fourth-order valence-electron chi connectivity index (χ4n) is 3.69. The molecule has 0 bridgehead atoms. The largest absolute Gasteiger partial charge is 0.486 e. The molecule has 7 nitrogen and oxygen atoms in total. The molecule has 1 aliphatic heterocycles. The van der Waals surface area contributed by atoms with Gasteiger partial charge in [0.05, 0.1) is 5.75 Å². The number of hydrogen-bond acceptors (Lipinski definition) is 6. The first-order valence-electron chi connectivity index (χ1n) is 10.2.